The van der Waals surface area contributed by atoms with E-state index in [2.05, 4.69) is 77.9 Å². The Balaban J connectivity index is 2.06. The average Bonchev–Trinajstić information content (AvgIpc) is 2.42. The van der Waals surface area contributed by atoms with E-state index in [1.165, 1.54) is 22.3 Å². The molecule has 0 unspecified atom stereocenters. The number of benzene rings is 1. The molecule has 0 spiro atoms. The first-order valence-corrected chi connectivity index (χ1v) is 7.66. The Morgan fingerprint density at radius 1 is 1.10 bits per heavy atom. The Bertz CT molecular complexity index is 608. The van der Waals surface area contributed by atoms with Crippen LogP contribution in [0.3, 0.4) is 0 Å². The Morgan fingerprint density at radius 2 is 1.85 bits per heavy atom. The van der Waals surface area contributed by atoms with E-state index in [0.717, 1.165) is 23.3 Å². The molecule has 0 radical (unpaired) electrons. The summed E-state index contributed by atoms with van der Waals surface area (Å²) >= 11 is 3.49. The molecule has 0 N–H and O–H groups in total. The lowest BCUT2D eigenvalue weighted by Gasteiger charge is -2.19. The Hall–Kier alpha value is -1.35. The molecule has 0 aliphatic heterocycles. The Kier molecular flexibility index (Phi) is 4.81. The van der Waals surface area contributed by atoms with Crippen LogP contribution in [0.15, 0.2) is 34.9 Å². The summed E-state index contributed by atoms with van der Waals surface area (Å²) in [4.78, 5) is 6.68. The van der Waals surface area contributed by atoms with E-state index in [9.17, 15) is 0 Å². The molecule has 2 rings (SSSR count). The quantitative estimate of drug-likeness (QED) is 0.822. The number of halogens is 1. The van der Waals surface area contributed by atoms with E-state index in [1.54, 1.807) is 0 Å². The first-order valence-electron chi connectivity index (χ1n) is 6.87. The topological polar surface area (TPSA) is 16.1 Å². The average molecular weight is 333 g/mol. The van der Waals surface area contributed by atoms with Crippen LogP contribution in [0.2, 0.25) is 0 Å². The predicted molar refractivity (Wildman–Crippen MR) is 89.6 cm³/mol. The highest BCUT2D eigenvalue weighted by molar-refractivity contribution is 9.10. The second-order valence-corrected chi connectivity index (χ2v) is 6.25. The molecular weight excluding hydrogens is 312 g/mol. The van der Waals surface area contributed by atoms with Gasteiger partial charge in [-0.05, 0) is 65.9 Å². The smallest absolute Gasteiger partial charge is 0.128 e. The van der Waals surface area contributed by atoms with Crippen molar-refractivity contribution in [2.24, 2.45) is 0 Å². The molecule has 2 aromatic rings. The fraction of sp³-hybridized carbons (Fsp3) is 0.353. The van der Waals surface area contributed by atoms with Crippen LogP contribution < -0.4 is 4.90 Å². The van der Waals surface area contributed by atoms with Crippen LogP contribution in [0.5, 0.6) is 0 Å². The van der Waals surface area contributed by atoms with Crippen molar-refractivity contribution >= 4 is 21.7 Å². The zero-order valence-corrected chi connectivity index (χ0v) is 14.2. The molecule has 0 fully saturated rings. The van der Waals surface area contributed by atoms with Crippen LogP contribution in [0, 0.1) is 20.8 Å². The summed E-state index contributed by atoms with van der Waals surface area (Å²) in [5.41, 5.74) is 5.33. The molecule has 1 aromatic heterocycles. The summed E-state index contributed by atoms with van der Waals surface area (Å²) in [5, 5.41) is 0. The minimum atomic E-state index is 0.971. The van der Waals surface area contributed by atoms with E-state index in [0.29, 0.717) is 0 Å². The highest BCUT2D eigenvalue weighted by Crippen LogP contribution is 2.20. The summed E-state index contributed by atoms with van der Waals surface area (Å²) in [5.74, 6) is 1.02. The molecule has 0 aliphatic rings. The van der Waals surface area contributed by atoms with Crippen LogP contribution in [0.25, 0.3) is 0 Å². The first-order chi connectivity index (χ1) is 9.47. The summed E-state index contributed by atoms with van der Waals surface area (Å²) in [6.45, 7) is 7.38. The van der Waals surface area contributed by atoms with Crippen molar-refractivity contribution in [1.29, 1.82) is 0 Å². The fourth-order valence-corrected chi connectivity index (χ4v) is 2.42. The highest BCUT2D eigenvalue weighted by Gasteiger charge is 2.06. The lowest BCUT2D eigenvalue weighted by molar-refractivity contribution is 0.853. The van der Waals surface area contributed by atoms with Gasteiger partial charge in [0.05, 0.1) is 0 Å². The molecule has 1 heterocycles. The standard InChI is InChI=1S/C17H21BrN2/c1-12-5-6-13(2)15(9-12)7-8-20(4)17-10-14(3)16(18)11-19-17/h5-6,9-11H,7-8H2,1-4H3. The number of hydrogen-bond acceptors (Lipinski definition) is 2. The van der Waals surface area contributed by atoms with E-state index < -0.39 is 0 Å². The third-order valence-electron chi connectivity index (χ3n) is 3.64. The van der Waals surface area contributed by atoms with Crippen LogP contribution in [0.4, 0.5) is 5.82 Å². The summed E-state index contributed by atoms with van der Waals surface area (Å²) in [7, 11) is 2.10. The number of hydrogen-bond donors (Lipinski definition) is 0. The zero-order chi connectivity index (χ0) is 14.7. The second-order valence-electron chi connectivity index (χ2n) is 5.39. The number of anilines is 1. The Labute approximate surface area is 130 Å². The summed E-state index contributed by atoms with van der Waals surface area (Å²) < 4.78 is 1.06. The van der Waals surface area contributed by atoms with Crippen molar-refractivity contribution < 1.29 is 0 Å². The van der Waals surface area contributed by atoms with Gasteiger partial charge in [-0.25, -0.2) is 4.98 Å². The second kappa shape index (κ2) is 6.40. The van der Waals surface area contributed by atoms with Crippen molar-refractivity contribution in [3.63, 3.8) is 0 Å². The van der Waals surface area contributed by atoms with E-state index in [1.807, 2.05) is 6.20 Å². The molecule has 0 bridgehead atoms. The minimum absolute atomic E-state index is 0.971. The summed E-state index contributed by atoms with van der Waals surface area (Å²) in [6.07, 6.45) is 2.92. The molecule has 2 nitrogen and oxygen atoms in total. The number of pyridine rings is 1. The maximum absolute atomic E-state index is 4.47. The molecular formula is C17H21BrN2. The normalized spacial score (nSPS) is 10.7. The van der Waals surface area contributed by atoms with E-state index in [-0.39, 0.29) is 0 Å². The van der Waals surface area contributed by atoms with Gasteiger partial charge in [0.15, 0.2) is 0 Å². The monoisotopic (exact) mass is 332 g/mol. The van der Waals surface area contributed by atoms with Crippen molar-refractivity contribution in [3.05, 3.63) is 57.2 Å². The van der Waals surface area contributed by atoms with Gasteiger partial charge in [0.2, 0.25) is 0 Å². The van der Waals surface area contributed by atoms with Gasteiger partial charge in [-0.3, -0.25) is 0 Å². The molecule has 0 saturated carbocycles. The van der Waals surface area contributed by atoms with E-state index in [4.69, 9.17) is 0 Å². The van der Waals surface area contributed by atoms with E-state index >= 15 is 0 Å². The molecule has 0 aliphatic carbocycles. The molecule has 0 saturated heterocycles. The summed E-state index contributed by atoms with van der Waals surface area (Å²) in [6, 6.07) is 8.77. The first kappa shape index (κ1) is 15.0. The van der Waals surface area contributed by atoms with Crippen LogP contribution in [-0.4, -0.2) is 18.6 Å². The lowest BCUT2D eigenvalue weighted by atomic mass is 10.0. The third-order valence-corrected chi connectivity index (χ3v) is 4.47. The zero-order valence-electron chi connectivity index (χ0n) is 12.6. The molecule has 3 heteroatoms. The largest absolute Gasteiger partial charge is 0.359 e. The van der Waals surface area contributed by atoms with Gasteiger partial charge in [0.1, 0.15) is 5.82 Å². The van der Waals surface area contributed by atoms with Gasteiger partial charge in [-0.1, -0.05) is 23.8 Å². The van der Waals surface area contributed by atoms with Crippen molar-refractivity contribution in [3.8, 4) is 0 Å². The molecule has 0 atom stereocenters. The molecule has 20 heavy (non-hydrogen) atoms. The number of aromatic nitrogens is 1. The van der Waals surface area contributed by atoms with Crippen molar-refractivity contribution in [2.75, 3.05) is 18.5 Å². The van der Waals surface area contributed by atoms with Crippen LogP contribution in [0.1, 0.15) is 22.3 Å². The maximum atomic E-state index is 4.47. The van der Waals surface area contributed by atoms with Gasteiger partial charge in [-0.15, -0.1) is 0 Å². The third kappa shape index (κ3) is 3.60. The molecule has 0 amide bonds. The number of likely N-dealkylation sites (N-methyl/N-ethyl adjacent to an activating group) is 1. The number of aryl methyl sites for hydroxylation is 3. The van der Waals surface area contributed by atoms with Crippen molar-refractivity contribution in [1.82, 2.24) is 4.98 Å². The highest BCUT2D eigenvalue weighted by atomic mass is 79.9. The molecule has 106 valence electrons. The van der Waals surface area contributed by atoms with Gasteiger partial charge in [0, 0.05) is 24.3 Å². The lowest BCUT2D eigenvalue weighted by Crippen LogP contribution is -2.21. The Morgan fingerprint density at radius 3 is 2.55 bits per heavy atom. The van der Waals surface area contributed by atoms with Gasteiger partial charge < -0.3 is 4.90 Å². The van der Waals surface area contributed by atoms with Crippen molar-refractivity contribution in [2.45, 2.75) is 27.2 Å². The van der Waals surface area contributed by atoms with Gasteiger partial charge in [-0.2, -0.15) is 0 Å². The van der Waals surface area contributed by atoms with Gasteiger partial charge >= 0.3 is 0 Å². The van der Waals surface area contributed by atoms with Crippen LogP contribution in [-0.2, 0) is 6.42 Å². The number of rotatable bonds is 4. The minimum Gasteiger partial charge on any atom is -0.359 e. The van der Waals surface area contributed by atoms with Gasteiger partial charge in [0.25, 0.3) is 0 Å². The fourth-order valence-electron chi connectivity index (χ4n) is 2.21. The SMILES string of the molecule is Cc1ccc(C)c(CCN(C)c2cc(C)c(Br)cn2)c1. The van der Waals surface area contributed by atoms with Crippen LogP contribution >= 0.6 is 15.9 Å². The predicted octanol–water partition coefficient (Wildman–Crippen LogP) is 4.45. The maximum Gasteiger partial charge on any atom is 0.128 e. The number of nitrogens with zero attached hydrogens (tertiary/aromatic N) is 2. The molecule has 1 aromatic carbocycles.